The molecule has 0 aliphatic carbocycles. The second-order valence-corrected chi connectivity index (χ2v) is 3.95. The maximum absolute atomic E-state index is 11.2. The van der Waals surface area contributed by atoms with Gasteiger partial charge in [0.05, 0.1) is 12.7 Å². The van der Waals surface area contributed by atoms with Crippen LogP contribution in [-0.4, -0.2) is 29.5 Å². The molecule has 2 rings (SSSR count). The van der Waals surface area contributed by atoms with E-state index in [2.05, 4.69) is 14.9 Å². The highest BCUT2D eigenvalue weighted by Crippen LogP contribution is 2.28. The molecule has 1 heterocycles. The Bertz CT molecular complexity index is 539. The zero-order chi connectivity index (χ0) is 12.3. The van der Waals surface area contributed by atoms with Crippen LogP contribution in [0.5, 0.6) is 0 Å². The van der Waals surface area contributed by atoms with Gasteiger partial charge in [-0.05, 0) is 18.4 Å². The first-order valence-electron chi connectivity index (χ1n) is 4.81. The summed E-state index contributed by atoms with van der Waals surface area (Å²) in [5.41, 5.74) is 0.808. The Morgan fingerprint density at radius 3 is 2.82 bits per heavy atom. The SMILES string of the molecule is COC(=O)c1nnc(-c2ccccc2SC)o1. The number of aromatic nitrogens is 2. The van der Waals surface area contributed by atoms with Gasteiger partial charge in [0, 0.05) is 4.90 Å². The Labute approximate surface area is 102 Å². The quantitative estimate of drug-likeness (QED) is 0.615. The summed E-state index contributed by atoms with van der Waals surface area (Å²) in [6.45, 7) is 0. The fourth-order valence-corrected chi connectivity index (χ4v) is 1.91. The predicted molar refractivity (Wildman–Crippen MR) is 62.9 cm³/mol. The van der Waals surface area contributed by atoms with Crippen molar-refractivity contribution in [3.05, 3.63) is 30.2 Å². The van der Waals surface area contributed by atoms with Gasteiger partial charge < -0.3 is 9.15 Å². The summed E-state index contributed by atoms with van der Waals surface area (Å²) in [6, 6.07) is 7.60. The lowest BCUT2D eigenvalue weighted by Gasteiger charge is -2.01. The lowest BCUT2D eigenvalue weighted by Crippen LogP contribution is -2.00. The number of thioether (sulfide) groups is 1. The van der Waals surface area contributed by atoms with E-state index in [0.717, 1.165) is 10.5 Å². The summed E-state index contributed by atoms with van der Waals surface area (Å²) in [4.78, 5) is 12.2. The van der Waals surface area contributed by atoms with Crippen molar-refractivity contribution in [2.45, 2.75) is 4.90 Å². The van der Waals surface area contributed by atoms with Crippen molar-refractivity contribution in [1.29, 1.82) is 0 Å². The van der Waals surface area contributed by atoms with Gasteiger partial charge in [0.25, 0.3) is 0 Å². The second kappa shape index (κ2) is 5.01. The van der Waals surface area contributed by atoms with Crippen LogP contribution in [0.25, 0.3) is 11.5 Å². The van der Waals surface area contributed by atoms with Crippen LogP contribution in [0.3, 0.4) is 0 Å². The monoisotopic (exact) mass is 250 g/mol. The number of methoxy groups -OCH3 is 1. The third kappa shape index (κ3) is 2.31. The molecule has 0 radical (unpaired) electrons. The summed E-state index contributed by atoms with van der Waals surface area (Å²) in [5, 5.41) is 7.47. The van der Waals surface area contributed by atoms with Gasteiger partial charge in [-0.15, -0.1) is 22.0 Å². The molecule has 17 heavy (non-hydrogen) atoms. The first-order chi connectivity index (χ1) is 8.26. The van der Waals surface area contributed by atoms with Gasteiger partial charge in [-0.25, -0.2) is 4.79 Å². The van der Waals surface area contributed by atoms with Gasteiger partial charge in [0.1, 0.15) is 0 Å². The van der Waals surface area contributed by atoms with Crippen molar-refractivity contribution in [2.24, 2.45) is 0 Å². The highest BCUT2D eigenvalue weighted by Gasteiger charge is 2.17. The molecule has 0 spiro atoms. The smallest absolute Gasteiger partial charge is 0.396 e. The molecule has 0 aliphatic rings. The van der Waals surface area contributed by atoms with Crippen molar-refractivity contribution < 1.29 is 13.9 Å². The lowest BCUT2D eigenvalue weighted by molar-refractivity contribution is 0.0556. The highest BCUT2D eigenvalue weighted by molar-refractivity contribution is 7.98. The van der Waals surface area contributed by atoms with Gasteiger partial charge in [0.15, 0.2) is 0 Å². The van der Waals surface area contributed by atoms with Gasteiger partial charge in [-0.2, -0.15) is 0 Å². The zero-order valence-electron chi connectivity index (χ0n) is 9.34. The first-order valence-corrected chi connectivity index (χ1v) is 6.04. The third-order valence-corrected chi connectivity index (χ3v) is 2.92. The van der Waals surface area contributed by atoms with E-state index in [-0.39, 0.29) is 5.89 Å². The zero-order valence-corrected chi connectivity index (χ0v) is 10.2. The van der Waals surface area contributed by atoms with Crippen LogP contribution >= 0.6 is 11.8 Å². The van der Waals surface area contributed by atoms with Crippen molar-refractivity contribution >= 4 is 17.7 Å². The molecule has 1 aromatic heterocycles. The van der Waals surface area contributed by atoms with Crippen LogP contribution in [0.2, 0.25) is 0 Å². The van der Waals surface area contributed by atoms with E-state index in [4.69, 9.17) is 4.42 Å². The van der Waals surface area contributed by atoms with Crippen LogP contribution < -0.4 is 0 Å². The molecule has 0 atom stereocenters. The minimum absolute atomic E-state index is 0.140. The molecule has 0 fully saturated rings. The summed E-state index contributed by atoms with van der Waals surface area (Å²) < 4.78 is 9.76. The van der Waals surface area contributed by atoms with Crippen LogP contribution in [0.1, 0.15) is 10.7 Å². The number of esters is 1. The van der Waals surface area contributed by atoms with E-state index in [1.807, 2.05) is 30.5 Å². The Morgan fingerprint density at radius 1 is 1.35 bits per heavy atom. The van der Waals surface area contributed by atoms with Gasteiger partial charge in [-0.3, -0.25) is 0 Å². The Kier molecular flexibility index (Phi) is 3.43. The molecular formula is C11H10N2O3S. The van der Waals surface area contributed by atoms with E-state index in [0.29, 0.717) is 5.89 Å². The minimum Gasteiger partial charge on any atom is -0.462 e. The third-order valence-electron chi connectivity index (χ3n) is 2.12. The number of nitrogens with zero attached hydrogens (tertiary/aromatic N) is 2. The number of benzene rings is 1. The largest absolute Gasteiger partial charge is 0.462 e. The predicted octanol–water partition coefficient (Wildman–Crippen LogP) is 2.25. The summed E-state index contributed by atoms with van der Waals surface area (Å²) in [6.07, 6.45) is 1.95. The Hall–Kier alpha value is -1.82. The molecule has 0 saturated carbocycles. The molecule has 0 bridgehead atoms. The standard InChI is InChI=1S/C11H10N2O3S/c1-15-11(14)10-13-12-9(16-10)7-5-3-4-6-8(7)17-2/h3-6H,1-2H3. The number of carbonyl (C=O) groups is 1. The van der Waals surface area contributed by atoms with Gasteiger partial charge in [-0.1, -0.05) is 12.1 Å². The van der Waals surface area contributed by atoms with E-state index in [1.54, 1.807) is 11.8 Å². The first kappa shape index (κ1) is 11.7. The van der Waals surface area contributed by atoms with E-state index in [9.17, 15) is 4.79 Å². The fourth-order valence-electron chi connectivity index (χ4n) is 1.32. The second-order valence-electron chi connectivity index (χ2n) is 3.10. The average molecular weight is 250 g/mol. The van der Waals surface area contributed by atoms with E-state index in [1.165, 1.54) is 7.11 Å². The number of ether oxygens (including phenoxy) is 1. The Morgan fingerprint density at radius 2 is 2.12 bits per heavy atom. The maximum Gasteiger partial charge on any atom is 0.396 e. The maximum atomic E-state index is 11.2. The molecule has 5 nitrogen and oxygen atoms in total. The molecule has 0 N–H and O–H groups in total. The van der Waals surface area contributed by atoms with Crippen molar-refractivity contribution in [1.82, 2.24) is 10.2 Å². The van der Waals surface area contributed by atoms with Crippen LogP contribution in [0.4, 0.5) is 0 Å². The number of carbonyl (C=O) groups excluding carboxylic acids is 1. The Balaban J connectivity index is 2.40. The molecular weight excluding hydrogens is 240 g/mol. The molecule has 88 valence electrons. The summed E-state index contributed by atoms with van der Waals surface area (Å²) in [5.74, 6) is -0.459. The topological polar surface area (TPSA) is 65.2 Å². The van der Waals surface area contributed by atoms with Crippen molar-refractivity contribution in [3.63, 3.8) is 0 Å². The lowest BCUT2D eigenvalue weighted by atomic mass is 10.2. The van der Waals surface area contributed by atoms with Crippen molar-refractivity contribution in [2.75, 3.05) is 13.4 Å². The van der Waals surface area contributed by atoms with Crippen LogP contribution in [-0.2, 0) is 4.74 Å². The van der Waals surface area contributed by atoms with Crippen molar-refractivity contribution in [3.8, 4) is 11.5 Å². The van der Waals surface area contributed by atoms with E-state index < -0.39 is 5.97 Å². The molecule has 6 heteroatoms. The van der Waals surface area contributed by atoms with Gasteiger partial charge in [0.2, 0.25) is 5.89 Å². The minimum atomic E-state index is -0.634. The molecule has 1 aromatic carbocycles. The molecule has 0 aliphatic heterocycles. The van der Waals surface area contributed by atoms with Crippen LogP contribution in [0.15, 0.2) is 33.6 Å². The molecule has 0 amide bonds. The normalized spacial score (nSPS) is 10.2. The van der Waals surface area contributed by atoms with Crippen LogP contribution in [0, 0.1) is 0 Å². The highest BCUT2D eigenvalue weighted by atomic mass is 32.2. The molecule has 0 unspecified atom stereocenters. The summed E-state index contributed by atoms with van der Waals surface area (Å²) in [7, 11) is 1.27. The average Bonchev–Trinajstić information content (AvgIpc) is 2.87. The molecule has 0 saturated heterocycles. The van der Waals surface area contributed by atoms with E-state index >= 15 is 0 Å². The number of hydrogen-bond donors (Lipinski definition) is 0. The number of rotatable bonds is 3. The van der Waals surface area contributed by atoms with Gasteiger partial charge >= 0.3 is 11.9 Å². The fraction of sp³-hybridized carbons (Fsp3) is 0.182. The summed E-state index contributed by atoms with van der Waals surface area (Å²) >= 11 is 1.57. The number of hydrogen-bond acceptors (Lipinski definition) is 6. The molecule has 2 aromatic rings.